The van der Waals surface area contributed by atoms with Crippen LogP contribution in [0.1, 0.15) is 48.5 Å². The molecule has 0 spiro atoms. The van der Waals surface area contributed by atoms with Gasteiger partial charge in [-0.2, -0.15) is 0 Å². The maximum atomic E-state index is 12.6. The lowest BCUT2D eigenvalue weighted by molar-refractivity contribution is 0.0718. The average Bonchev–Trinajstić information content (AvgIpc) is 2.94. The molecule has 0 atom stereocenters. The van der Waals surface area contributed by atoms with Gasteiger partial charge in [0.25, 0.3) is 5.91 Å². The Labute approximate surface area is 119 Å². The smallest absolute Gasteiger partial charge is 0.291 e. The average molecular weight is 272 g/mol. The number of aromatic nitrogens is 1. The molecule has 0 unspecified atom stereocenters. The van der Waals surface area contributed by atoms with Crippen molar-refractivity contribution in [1.29, 1.82) is 0 Å². The summed E-state index contributed by atoms with van der Waals surface area (Å²) in [5.41, 5.74) is 1.83. The molecule has 1 aromatic carbocycles. The first-order valence-corrected chi connectivity index (χ1v) is 6.90. The van der Waals surface area contributed by atoms with Crippen LogP contribution in [0.4, 0.5) is 0 Å². The molecule has 106 valence electrons. The number of benzene rings is 1. The molecule has 0 saturated heterocycles. The quantitative estimate of drug-likeness (QED) is 0.837. The topological polar surface area (TPSA) is 46.3 Å². The summed E-state index contributed by atoms with van der Waals surface area (Å²) < 4.78 is 5.31. The second-order valence-corrected chi connectivity index (χ2v) is 5.03. The molecule has 0 bridgehead atoms. The van der Waals surface area contributed by atoms with Gasteiger partial charge in [-0.05, 0) is 18.4 Å². The van der Waals surface area contributed by atoms with Gasteiger partial charge >= 0.3 is 0 Å². The fraction of sp³-hybridized carbons (Fsp3) is 0.375. The van der Waals surface area contributed by atoms with Gasteiger partial charge in [-0.3, -0.25) is 4.79 Å². The summed E-state index contributed by atoms with van der Waals surface area (Å²) in [6, 6.07) is 9.94. The van der Waals surface area contributed by atoms with E-state index in [9.17, 15) is 4.79 Å². The highest BCUT2D eigenvalue weighted by molar-refractivity contribution is 5.92. The Morgan fingerprint density at radius 2 is 2.00 bits per heavy atom. The highest BCUT2D eigenvalue weighted by atomic mass is 16.3. The van der Waals surface area contributed by atoms with E-state index in [-0.39, 0.29) is 11.8 Å². The molecule has 1 amide bonds. The van der Waals surface area contributed by atoms with Crippen molar-refractivity contribution in [3.8, 4) is 0 Å². The zero-order valence-electron chi connectivity index (χ0n) is 12.2. The molecule has 0 fully saturated rings. The molecule has 1 aromatic heterocycles. The molecule has 2 aromatic rings. The lowest BCUT2D eigenvalue weighted by atomic mass is 10.1. The summed E-state index contributed by atoms with van der Waals surface area (Å²) in [5, 5.41) is 0. The molecule has 0 aliphatic carbocycles. The second-order valence-electron chi connectivity index (χ2n) is 5.03. The summed E-state index contributed by atoms with van der Waals surface area (Å²) in [4.78, 5) is 18.5. The number of amides is 1. The van der Waals surface area contributed by atoms with E-state index in [1.54, 1.807) is 4.90 Å². The van der Waals surface area contributed by atoms with Gasteiger partial charge in [-0.15, -0.1) is 0 Å². The Morgan fingerprint density at radius 1 is 1.30 bits per heavy atom. The van der Waals surface area contributed by atoms with Crippen LogP contribution in [0.5, 0.6) is 0 Å². The minimum atomic E-state index is -0.0995. The monoisotopic (exact) mass is 272 g/mol. The number of oxazole rings is 1. The van der Waals surface area contributed by atoms with E-state index in [2.05, 4.69) is 4.98 Å². The van der Waals surface area contributed by atoms with Crippen LogP contribution in [0.2, 0.25) is 0 Å². The lowest BCUT2D eigenvalue weighted by Gasteiger charge is -2.20. The van der Waals surface area contributed by atoms with Crippen molar-refractivity contribution in [3.63, 3.8) is 0 Å². The summed E-state index contributed by atoms with van der Waals surface area (Å²) in [6.07, 6.45) is 1.35. The lowest BCUT2D eigenvalue weighted by Crippen LogP contribution is -2.30. The van der Waals surface area contributed by atoms with Crippen molar-refractivity contribution in [2.24, 2.45) is 0 Å². The van der Waals surface area contributed by atoms with Crippen LogP contribution < -0.4 is 0 Å². The normalized spacial score (nSPS) is 10.8. The molecule has 2 rings (SSSR count). The largest absolute Gasteiger partial charge is 0.438 e. The Morgan fingerprint density at radius 3 is 2.60 bits per heavy atom. The van der Waals surface area contributed by atoms with Crippen LogP contribution >= 0.6 is 0 Å². The van der Waals surface area contributed by atoms with Crippen LogP contribution in [-0.4, -0.2) is 22.3 Å². The summed E-state index contributed by atoms with van der Waals surface area (Å²) in [7, 11) is 0. The van der Waals surface area contributed by atoms with Crippen molar-refractivity contribution in [2.75, 3.05) is 6.54 Å². The Hall–Kier alpha value is -2.10. The maximum Gasteiger partial charge on any atom is 0.291 e. The molecule has 4 nitrogen and oxygen atoms in total. The van der Waals surface area contributed by atoms with Crippen LogP contribution in [0.25, 0.3) is 0 Å². The fourth-order valence-electron chi connectivity index (χ4n) is 2.10. The zero-order valence-corrected chi connectivity index (χ0v) is 12.2. The standard InChI is InChI=1S/C16H20N2O2/c1-4-18(10-13-8-6-5-7-9-13)16(19)15-14(12(2)3)17-11-20-15/h5-9,11-12H,4,10H2,1-3H3. The van der Waals surface area contributed by atoms with E-state index in [1.165, 1.54) is 6.39 Å². The van der Waals surface area contributed by atoms with Gasteiger partial charge in [0, 0.05) is 13.1 Å². The van der Waals surface area contributed by atoms with Gasteiger partial charge in [-0.1, -0.05) is 44.2 Å². The molecule has 4 heteroatoms. The predicted octanol–water partition coefficient (Wildman–Crippen LogP) is 3.46. The minimum Gasteiger partial charge on any atom is -0.438 e. The Balaban J connectivity index is 2.19. The number of carbonyl (C=O) groups excluding carboxylic acids is 1. The van der Waals surface area contributed by atoms with Crippen molar-refractivity contribution >= 4 is 5.91 Å². The first kappa shape index (κ1) is 14.3. The molecule has 20 heavy (non-hydrogen) atoms. The molecule has 0 N–H and O–H groups in total. The predicted molar refractivity (Wildman–Crippen MR) is 77.4 cm³/mol. The van der Waals surface area contributed by atoms with E-state index < -0.39 is 0 Å². The number of nitrogens with zero attached hydrogens (tertiary/aromatic N) is 2. The molecule has 0 saturated carbocycles. The zero-order chi connectivity index (χ0) is 14.5. The van der Waals surface area contributed by atoms with E-state index in [0.717, 1.165) is 11.3 Å². The van der Waals surface area contributed by atoms with Crippen molar-refractivity contribution in [2.45, 2.75) is 33.2 Å². The van der Waals surface area contributed by atoms with Gasteiger partial charge in [0.1, 0.15) is 0 Å². The maximum absolute atomic E-state index is 12.6. The highest BCUT2D eigenvalue weighted by Gasteiger charge is 2.23. The van der Waals surface area contributed by atoms with Gasteiger partial charge in [0.15, 0.2) is 6.39 Å². The first-order valence-electron chi connectivity index (χ1n) is 6.90. The van der Waals surface area contributed by atoms with Crippen LogP contribution in [0.3, 0.4) is 0 Å². The number of carbonyl (C=O) groups is 1. The summed E-state index contributed by atoms with van der Waals surface area (Å²) in [5.74, 6) is 0.429. The number of hydrogen-bond donors (Lipinski definition) is 0. The van der Waals surface area contributed by atoms with E-state index >= 15 is 0 Å². The Kier molecular flexibility index (Phi) is 4.56. The van der Waals surface area contributed by atoms with E-state index in [4.69, 9.17) is 4.42 Å². The third-order valence-electron chi connectivity index (χ3n) is 3.22. The first-order chi connectivity index (χ1) is 9.63. The van der Waals surface area contributed by atoms with E-state index in [1.807, 2.05) is 51.1 Å². The minimum absolute atomic E-state index is 0.0995. The Bertz CT molecular complexity index is 561. The van der Waals surface area contributed by atoms with Gasteiger partial charge in [0.05, 0.1) is 5.69 Å². The molecule has 0 aliphatic rings. The van der Waals surface area contributed by atoms with Crippen LogP contribution in [0, 0.1) is 0 Å². The van der Waals surface area contributed by atoms with Crippen LogP contribution in [0.15, 0.2) is 41.1 Å². The molecule has 1 heterocycles. The van der Waals surface area contributed by atoms with Crippen molar-refractivity contribution in [1.82, 2.24) is 9.88 Å². The second kappa shape index (κ2) is 6.37. The van der Waals surface area contributed by atoms with Gasteiger partial charge < -0.3 is 9.32 Å². The molecule has 0 aliphatic heterocycles. The number of rotatable bonds is 5. The molecular formula is C16H20N2O2. The van der Waals surface area contributed by atoms with E-state index in [0.29, 0.717) is 18.8 Å². The van der Waals surface area contributed by atoms with Gasteiger partial charge in [-0.25, -0.2) is 4.98 Å². The van der Waals surface area contributed by atoms with Gasteiger partial charge in [0.2, 0.25) is 5.76 Å². The van der Waals surface area contributed by atoms with Crippen molar-refractivity contribution < 1.29 is 9.21 Å². The SMILES string of the molecule is CCN(Cc1ccccc1)C(=O)c1ocnc1C(C)C. The highest BCUT2D eigenvalue weighted by Crippen LogP contribution is 2.20. The molecular weight excluding hydrogens is 252 g/mol. The molecule has 0 radical (unpaired) electrons. The number of hydrogen-bond acceptors (Lipinski definition) is 3. The fourth-order valence-corrected chi connectivity index (χ4v) is 2.10. The van der Waals surface area contributed by atoms with Crippen molar-refractivity contribution in [3.05, 3.63) is 53.7 Å². The third kappa shape index (κ3) is 3.07. The third-order valence-corrected chi connectivity index (χ3v) is 3.22. The summed E-state index contributed by atoms with van der Waals surface area (Å²) in [6.45, 7) is 7.18. The summed E-state index contributed by atoms with van der Waals surface area (Å²) >= 11 is 0. The van der Waals surface area contributed by atoms with Crippen LogP contribution in [-0.2, 0) is 6.54 Å².